The van der Waals surface area contributed by atoms with E-state index in [-0.39, 0.29) is 31.1 Å². The summed E-state index contributed by atoms with van der Waals surface area (Å²) < 4.78 is 11.1. The van der Waals surface area contributed by atoms with Crippen molar-refractivity contribution >= 4 is 19.7 Å². The molecule has 1 rings (SSSR count). The van der Waals surface area contributed by atoms with E-state index in [1.807, 2.05) is 7.05 Å². The van der Waals surface area contributed by atoms with Gasteiger partial charge in [-0.05, 0) is 32.2 Å². The van der Waals surface area contributed by atoms with E-state index in [2.05, 4.69) is 16.0 Å². The quantitative estimate of drug-likeness (QED) is 0.367. The highest BCUT2D eigenvalue weighted by molar-refractivity contribution is 6.16. The molecular formula is C18H26BN3O4. The maximum atomic E-state index is 12.0. The van der Waals surface area contributed by atoms with Gasteiger partial charge in [-0.1, -0.05) is 12.1 Å². The molecule has 1 aromatic carbocycles. The van der Waals surface area contributed by atoms with Crippen LogP contribution in [-0.2, 0) is 9.53 Å². The molecule has 0 aliphatic heterocycles. The van der Waals surface area contributed by atoms with Gasteiger partial charge in [-0.15, -0.1) is 5.98 Å². The average Bonchev–Trinajstić information content (AvgIpc) is 2.65. The Morgan fingerprint density at radius 2 is 2.08 bits per heavy atom. The van der Waals surface area contributed by atoms with Crippen molar-refractivity contribution in [3.05, 3.63) is 41.9 Å². The van der Waals surface area contributed by atoms with Gasteiger partial charge in [0.2, 0.25) is 5.91 Å². The van der Waals surface area contributed by atoms with Crippen LogP contribution in [0, 0.1) is 0 Å². The topological polar surface area (TPSA) is 88.7 Å². The van der Waals surface area contributed by atoms with Crippen molar-refractivity contribution in [1.82, 2.24) is 16.0 Å². The van der Waals surface area contributed by atoms with Crippen molar-refractivity contribution in [2.24, 2.45) is 0 Å². The number of nitrogens with one attached hydrogen (secondary N) is 3. The summed E-state index contributed by atoms with van der Waals surface area (Å²) >= 11 is 0. The molecule has 0 aliphatic rings. The number of carbonyl (C=O) groups excluding carboxylic acids is 2. The van der Waals surface area contributed by atoms with Gasteiger partial charge >= 0.3 is 0 Å². The van der Waals surface area contributed by atoms with Gasteiger partial charge in [-0.3, -0.25) is 9.59 Å². The van der Waals surface area contributed by atoms with Crippen LogP contribution in [0.1, 0.15) is 17.3 Å². The van der Waals surface area contributed by atoms with Gasteiger partial charge in [0.15, 0.2) is 0 Å². The normalized spacial score (nSPS) is 11.9. The number of carbonyl (C=O) groups is 2. The molecule has 1 aromatic rings. The predicted octanol–water partition coefficient (Wildman–Crippen LogP) is 0.218. The first-order chi connectivity index (χ1) is 12.6. The van der Waals surface area contributed by atoms with Crippen molar-refractivity contribution in [2.45, 2.75) is 13.0 Å². The molecule has 2 radical (unpaired) electrons. The first-order valence-electron chi connectivity index (χ1n) is 8.47. The summed E-state index contributed by atoms with van der Waals surface area (Å²) in [4.78, 5) is 23.5. The number of hydrogen-bond donors (Lipinski definition) is 3. The van der Waals surface area contributed by atoms with Gasteiger partial charge in [-0.2, -0.15) is 0 Å². The van der Waals surface area contributed by atoms with Crippen LogP contribution in [0.5, 0.6) is 5.75 Å². The fourth-order valence-corrected chi connectivity index (χ4v) is 1.90. The lowest BCUT2D eigenvalue weighted by molar-refractivity contribution is -0.127. The van der Waals surface area contributed by atoms with Crippen molar-refractivity contribution in [2.75, 3.05) is 39.9 Å². The Morgan fingerprint density at radius 3 is 2.81 bits per heavy atom. The number of hydrogen-bond acceptors (Lipinski definition) is 5. The summed E-state index contributed by atoms with van der Waals surface area (Å²) in [7, 11) is 7.01. The van der Waals surface area contributed by atoms with Crippen LogP contribution in [0.2, 0.25) is 0 Å². The molecule has 7 nitrogen and oxygen atoms in total. The Bertz CT molecular complexity index is 596. The van der Waals surface area contributed by atoms with E-state index in [0.29, 0.717) is 30.9 Å². The maximum absolute atomic E-state index is 12.0. The highest BCUT2D eigenvalue weighted by Gasteiger charge is 2.09. The van der Waals surface area contributed by atoms with E-state index in [0.717, 1.165) is 0 Å². The minimum absolute atomic E-state index is 0.0587. The van der Waals surface area contributed by atoms with Gasteiger partial charge in [0, 0.05) is 25.2 Å². The summed E-state index contributed by atoms with van der Waals surface area (Å²) in [5, 5.41) is 8.40. The SMILES string of the molecule is [B]/C=C/CNC(=O)COC(C)COc1cccc(C(=O)NCCNC)c1. The second-order valence-electron chi connectivity index (χ2n) is 5.55. The molecule has 0 saturated carbocycles. The highest BCUT2D eigenvalue weighted by atomic mass is 16.5. The zero-order valence-electron chi connectivity index (χ0n) is 15.3. The second-order valence-corrected chi connectivity index (χ2v) is 5.55. The molecular weight excluding hydrogens is 333 g/mol. The van der Waals surface area contributed by atoms with Crippen LogP contribution < -0.4 is 20.7 Å². The maximum Gasteiger partial charge on any atom is 0.251 e. The van der Waals surface area contributed by atoms with Crippen LogP contribution in [0.25, 0.3) is 0 Å². The van der Waals surface area contributed by atoms with Gasteiger partial charge in [0.25, 0.3) is 5.91 Å². The monoisotopic (exact) mass is 359 g/mol. The molecule has 0 aromatic heterocycles. The number of amides is 2. The van der Waals surface area contributed by atoms with Crippen LogP contribution >= 0.6 is 0 Å². The highest BCUT2D eigenvalue weighted by Crippen LogP contribution is 2.14. The van der Waals surface area contributed by atoms with Gasteiger partial charge in [-0.25, -0.2) is 0 Å². The first kappa shape index (κ1) is 21.7. The van der Waals surface area contributed by atoms with E-state index in [9.17, 15) is 9.59 Å². The second kappa shape index (κ2) is 13.0. The van der Waals surface area contributed by atoms with Crippen molar-refractivity contribution in [3.63, 3.8) is 0 Å². The predicted molar refractivity (Wildman–Crippen MR) is 102 cm³/mol. The summed E-state index contributed by atoms with van der Waals surface area (Å²) in [5.74, 6) is 1.56. The Labute approximate surface area is 155 Å². The lowest BCUT2D eigenvalue weighted by atomic mass is 10.1. The lowest BCUT2D eigenvalue weighted by Gasteiger charge is -2.14. The molecule has 1 atom stereocenters. The fraction of sp³-hybridized carbons (Fsp3) is 0.444. The molecule has 140 valence electrons. The van der Waals surface area contributed by atoms with Crippen molar-refractivity contribution in [3.8, 4) is 5.75 Å². The van der Waals surface area contributed by atoms with Gasteiger partial charge in [0.05, 0.1) is 6.10 Å². The molecule has 1 unspecified atom stereocenters. The third kappa shape index (κ3) is 9.24. The Hall–Kier alpha value is -2.32. The first-order valence-corrected chi connectivity index (χ1v) is 8.47. The van der Waals surface area contributed by atoms with E-state index < -0.39 is 0 Å². The average molecular weight is 359 g/mol. The molecule has 26 heavy (non-hydrogen) atoms. The van der Waals surface area contributed by atoms with Gasteiger partial charge in [0.1, 0.15) is 26.8 Å². The molecule has 0 bridgehead atoms. The van der Waals surface area contributed by atoms with E-state index in [1.165, 1.54) is 5.98 Å². The zero-order valence-corrected chi connectivity index (χ0v) is 15.3. The summed E-state index contributed by atoms with van der Waals surface area (Å²) in [6.07, 6.45) is 1.35. The molecule has 0 heterocycles. The lowest BCUT2D eigenvalue weighted by Crippen LogP contribution is -2.31. The van der Waals surface area contributed by atoms with Gasteiger partial charge < -0.3 is 25.4 Å². The van der Waals surface area contributed by atoms with Crippen LogP contribution in [-0.4, -0.2) is 65.7 Å². The molecule has 3 N–H and O–H groups in total. The number of rotatable bonds is 12. The van der Waals surface area contributed by atoms with E-state index in [1.54, 1.807) is 37.3 Å². The summed E-state index contributed by atoms with van der Waals surface area (Å²) in [6, 6.07) is 6.92. The summed E-state index contributed by atoms with van der Waals surface area (Å²) in [6.45, 7) is 3.63. The summed E-state index contributed by atoms with van der Waals surface area (Å²) in [5.41, 5.74) is 0.527. The molecule has 0 spiro atoms. The molecule has 2 amide bonds. The van der Waals surface area contributed by atoms with Crippen LogP contribution in [0.15, 0.2) is 36.3 Å². The Kier molecular flexibility index (Phi) is 10.8. The van der Waals surface area contributed by atoms with Crippen LogP contribution in [0.3, 0.4) is 0 Å². The molecule has 0 saturated heterocycles. The molecule has 0 aliphatic carbocycles. The fourth-order valence-electron chi connectivity index (χ4n) is 1.90. The Balaban J connectivity index is 2.36. The molecule has 0 fully saturated rings. The minimum atomic E-state index is -0.279. The molecule has 8 heteroatoms. The van der Waals surface area contributed by atoms with E-state index >= 15 is 0 Å². The largest absolute Gasteiger partial charge is 0.491 e. The zero-order chi connectivity index (χ0) is 19.2. The van der Waals surface area contributed by atoms with E-state index in [4.69, 9.17) is 17.3 Å². The van der Waals surface area contributed by atoms with Crippen LogP contribution in [0.4, 0.5) is 0 Å². The third-order valence-corrected chi connectivity index (χ3v) is 3.29. The third-order valence-electron chi connectivity index (χ3n) is 3.29. The smallest absolute Gasteiger partial charge is 0.251 e. The minimum Gasteiger partial charge on any atom is -0.491 e. The van der Waals surface area contributed by atoms with Crippen molar-refractivity contribution < 1.29 is 19.1 Å². The number of benzene rings is 1. The number of likely N-dealkylation sites (N-methyl/N-ethyl adjacent to an activating group) is 1. The van der Waals surface area contributed by atoms with Crippen molar-refractivity contribution in [1.29, 1.82) is 0 Å². The number of ether oxygens (including phenoxy) is 2. The Morgan fingerprint density at radius 1 is 1.27 bits per heavy atom. The standard InChI is InChI=1S/C18H26BN3O4/c1-14(25-13-17(23)21-8-4-7-19)12-26-16-6-3-5-15(11-16)18(24)22-10-9-20-2/h3-7,11,14,20H,8-10,12-13H2,1-2H3,(H,21,23)(H,22,24)/b7-4+.